The number of carbonyl (C=O) groups excluding carboxylic acids is 1. The Morgan fingerprint density at radius 1 is 1.33 bits per heavy atom. The molecule has 0 aromatic heterocycles. The summed E-state index contributed by atoms with van der Waals surface area (Å²) in [5, 5.41) is 2.96. The molecule has 0 unspecified atom stereocenters. The van der Waals surface area contributed by atoms with E-state index in [0.717, 1.165) is 5.56 Å². The monoisotopic (exact) mass is 311 g/mol. The molecule has 0 radical (unpaired) electrons. The van der Waals surface area contributed by atoms with E-state index in [1.54, 1.807) is 18.2 Å². The number of anilines is 1. The Balaban J connectivity index is 1.98. The van der Waals surface area contributed by atoms with E-state index in [-0.39, 0.29) is 11.9 Å². The summed E-state index contributed by atoms with van der Waals surface area (Å²) in [7, 11) is -3.14. The van der Waals surface area contributed by atoms with E-state index in [1.807, 2.05) is 6.92 Å². The van der Waals surface area contributed by atoms with Crippen molar-refractivity contribution in [3.8, 4) is 0 Å². The number of carbonyl (C=O) groups is 1. The first-order chi connectivity index (χ1) is 9.79. The van der Waals surface area contributed by atoms with Crippen LogP contribution in [0, 0.1) is 6.92 Å². The van der Waals surface area contributed by atoms with Crippen molar-refractivity contribution in [3.63, 3.8) is 0 Å². The van der Waals surface area contributed by atoms with E-state index < -0.39 is 10.0 Å². The van der Waals surface area contributed by atoms with Crippen LogP contribution in [-0.2, 0) is 10.0 Å². The molecule has 1 aromatic carbocycles. The fourth-order valence-electron chi connectivity index (χ4n) is 2.49. The first kappa shape index (κ1) is 15.8. The topological polar surface area (TPSA) is 92.5 Å². The Bertz CT molecular complexity index is 635. The van der Waals surface area contributed by atoms with Crippen molar-refractivity contribution in [3.05, 3.63) is 29.3 Å². The highest BCUT2D eigenvalue weighted by molar-refractivity contribution is 7.88. The smallest absolute Gasteiger partial charge is 0.251 e. The molecule has 0 bridgehead atoms. The SMILES string of the molecule is Cc1c(N)cccc1C(=O)NC1CCN(S(C)(=O)=O)CC1. The number of benzene rings is 1. The molecule has 1 fully saturated rings. The summed E-state index contributed by atoms with van der Waals surface area (Å²) in [5.74, 6) is -0.155. The molecule has 0 aliphatic carbocycles. The Morgan fingerprint density at radius 2 is 1.95 bits per heavy atom. The van der Waals surface area contributed by atoms with Crippen molar-refractivity contribution < 1.29 is 13.2 Å². The van der Waals surface area contributed by atoms with Crippen molar-refractivity contribution in [2.45, 2.75) is 25.8 Å². The molecule has 3 N–H and O–H groups in total. The van der Waals surface area contributed by atoms with Crippen molar-refractivity contribution in [2.75, 3.05) is 25.1 Å². The Kier molecular flexibility index (Phi) is 4.53. The molecule has 21 heavy (non-hydrogen) atoms. The van der Waals surface area contributed by atoms with Crippen molar-refractivity contribution >= 4 is 21.6 Å². The minimum Gasteiger partial charge on any atom is -0.398 e. The Morgan fingerprint density at radius 3 is 2.52 bits per heavy atom. The van der Waals surface area contributed by atoms with Gasteiger partial charge in [-0.25, -0.2) is 12.7 Å². The quantitative estimate of drug-likeness (QED) is 0.805. The van der Waals surface area contributed by atoms with E-state index in [2.05, 4.69) is 5.32 Å². The van der Waals surface area contributed by atoms with E-state index in [4.69, 9.17) is 5.73 Å². The summed E-state index contributed by atoms with van der Waals surface area (Å²) >= 11 is 0. The highest BCUT2D eigenvalue weighted by atomic mass is 32.2. The standard InChI is InChI=1S/C14H21N3O3S/c1-10-12(4-3-5-13(10)15)14(18)16-11-6-8-17(9-7-11)21(2,19)20/h3-5,11H,6-9,15H2,1-2H3,(H,16,18). The molecule has 6 nitrogen and oxygen atoms in total. The summed E-state index contributed by atoms with van der Waals surface area (Å²) in [6, 6.07) is 5.25. The Labute approximate surface area is 125 Å². The summed E-state index contributed by atoms with van der Waals surface area (Å²) in [4.78, 5) is 12.3. The van der Waals surface area contributed by atoms with Gasteiger partial charge in [0.05, 0.1) is 6.26 Å². The van der Waals surface area contributed by atoms with Crippen LogP contribution >= 0.6 is 0 Å². The van der Waals surface area contributed by atoms with Crippen LogP contribution in [0.2, 0.25) is 0 Å². The number of piperidine rings is 1. The predicted molar refractivity (Wildman–Crippen MR) is 82.5 cm³/mol. The minimum atomic E-state index is -3.14. The van der Waals surface area contributed by atoms with Gasteiger partial charge in [-0.15, -0.1) is 0 Å². The second-order valence-corrected chi connectivity index (χ2v) is 7.41. The molecule has 1 aromatic rings. The summed E-state index contributed by atoms with van der Waals surface area (Å²) < 4.78 is 24.3. The molecule has 2 rings (SSSR count). The average molecular weight is 311 g/mol. The fraction of sp³-hybridized carbons (Fsp3) is 0.500. The van der Waals surface area contributed by atoms with Gasteiger partial charge in [-0.2, -0.15) is 0 Å². The summed E-state index contributed by atoms with van der Waals surface area (Å²) in [5.41, 5.74) is 7.73. The van der Waals surface area contributed by atoms with E-state index in [9.17, 15) is 13.2 Å². The van der Waals surface area contributed by atoms with Crippen molar-refractivity contribution in [1.29, 1.82) is 0 Å². The van der Waals surface area contributed by atoms with Crippen LogP contribution in [0.15, 0.2) is 18.2 Å². The predicted octanol–water partition coefficient (Wildman–Crippen LogP) is 0.731. The molecule has 1 heterocycles. The highest BCUT2D eigenvalue weighted by Gasteiger charge is 2.26. The molecular formula is C14H21N3O3S. The molecular weight excluding hydrogens is 290 g/mol. The number of nitrogens with one attached hydrogen (secondary N) is 1. The molecule has 1 saturated heterocycles. The number of hydrogen-bond donors (Lipinski definition) is 2. The molecule has 1 aliphatic rings. The zero-order valence-electron chi connectivity index (χ0n) is 12.3. The van der Waals surface area contributed by atoms with Crippen molar-refractivity contribution in [2.24, 2.45) is 0 Å². The average Bonchev–Trinajstić information content (AvgIpc) is 2.41. The minimum absolute atomic E-state index is 0.00340. The maximum atomic E-state index is 12.3. The third kappa shape index (κ3) is 3.74. The van der Waals surface area contributed by atoms with Gasteiger partial charge in [-0.3, -0.25) is 4.79 Å². The third-order valence-corrected chi connectivity index (χ3v) is 5.18. The number of nitrogens with zero attached hydrogens (tertiary/aromatic N) is 1. The maximum Gasteiger partial charge on any atom is 0.251 e. The molecule has 1 amide bonds. The largest absolute Gasteiger partial charge is 0.398 e. The summed E-state index contributed by atoms with van der Waals surface area (Å²) in [6.07, 6.45) is 2.46. The molecule has 116 valence electrons. The van der Waals surface area contributed by atoms with Gasteiger partial charge in [0.1, 0.15) is 0 Å². The van der Waals surface area contributed by atoms with Crippen LogP contribution < -0.4 is 11.1 Å². The lowest BCUT2D eigenvalue weighted by molar-refractivity contribution is 0.0923. The van der Waals surface area contributed by atoms with Crippen LogP contribution in [0.5, 0.6) is 0 Å². The maximum absolute atomic E-state index is 12.3. The van der Waals surface area contributed by atoms with Gasteiger partial charge >= 0.3 is 0 Å². The van der Waals surface area contributed by atoms with Crippen LogP contribution in [0.3, 0.4) is 0 Å². The van der Waals surface area contributed by atoms with Gasteiger partial charge in [0, 0.05) is 30.4 Å². The number of nitrogen functional groups attached to an aromatic ring is 1. The Hall–Kier alpha value is -1.60. The molecule has 0 spiro atoms. The number of hydrogen-bond acceptors (Lipinski definition) is 4. The lowest BCUT2D eigenvalue weighted by Gasteiger charge is -2.30. The van der Waals surface area contributed by atoms with Gasteiger partial charge < -0.3 is 11.1 Å². The van der Waals surface area contributed by atoms with Crippen LogP contribution in [-0.4, -0.2) is 44.0 Å². The van der Waals surface area contributed by atoms with Gasteiger partial charge in [-0.1, -0.05) is 6.07 Å². The second-order valence-electron chi connectivity index (χ2n) is 5.43. The molecule has 0 saturated carbocycles. The van der Waals surface area contributed by atoms with Gasteiger partial charge in [0.2, 0.25) is 10.0 Å². The van der Waals surface area contributed by atoms with E-state index >= 15 is 0 Å². The molecule has 1 aliphatic heterocycles. The van der Waals surface area contributed by atoms with Crippen LogP contribution in [0.1, 0.15) is 28.8 Å². The fourth-order valence-corrected chi connectivity index (χ4v) is 3.37. The zero-order valence-corrected chi connectivity index (χ0v) is 13.1. The molecule has 0 atom stereocenters. The number of sulfonamides is 1. The lowest BCUT2D eigenvalue weighted by Crippen LogP contribution is -2.46. The second kappa shape index (κ2) is 6.03. The summed E-state index contributed by atoms with van der Waals surface area (Å²) in [6.45, 7) is 2.70. The van der Waals surface area contributed by atoms with Gasteiger partial charge in [-0.05, 0) is 37.5 Å². The highest BCUT2D eigenvalue weighted by Crippen LogP contribution is 2.17. The van der Waals surface area contributed by atoms with Crippen molar-refractivity contribution in [1.82, 2.24) is 9.62 Å². The molecule has 7 heteroatoms. The van der Waals surface area contributed by atoms with Crippen LogP contribution in [0.25, 0.3) is 0 Å². The van der Waals surface area contributed by atoms with Gasteiger partial charge in [0.25, 0.3) is 5.91 Å². The number of nitrogens with two attached hydrogens (primary N) is 1. The zero-order chi connectivity index (χ0) is 15.6. The normalized spacial score (nSPS) is 17.6. The van der Waals surface area contributed by atoms with Gasteiger partial charge in [0.15, 0.2) is 0 Å². The first-order valence-electron chi connectivity index (χ1n) is 6.90. The van der Waals surface area contributed by atoms with E-state index in [1.165, 1.54) is 10.6 Å². The number of rotatable bonds is 3. The van der Waals surface area contributed by atoms with Crippen LogP contribution in [0.4, 0.5) is 5.69 Å². The van der Waals surface area contributed by atoms with E-state index in [0.29, 0.717) is 37.2 Å². The number of amides is 1. The third-order valence-electron chi connectivity index (χ3n) is 3.88. The lowest BCUT2D eigenvalue weighted by atomic mass is 10.0. The first-order valence-corrected chi connectivity index (χ1v) is 8.75.